The molecular formula is C34H24N2O3S. The van der Waals surface area contributed by atoms with Crippen LogP contribution in [0.3, 0.4) is 0 Å². The number of rotatable bonds is 7. The minimum Gasteiger partial charge on any atom is -0.506 e. The number of anilines is 3. The van der Waals surface area contributed by atoms with Crippen molar-refractivity contribution in [1.82, 2.24) is 4.98 Å². The number of pyridine rings is 1. The van der Waals surface area contributed by atoms with Crippen molar-refractivity contribution in [2.75, 3.05) is 4.90 Å². The van der Waals surface area contributed by atoms with Crippen LogP contribution in [0, 0.1) is 0 Å². The van der Waals surface area contributed by atoms with Gasteiger partial charge in [-0.15, -0.1) is 11.3 Å². The number of benzene rings is 4. The number of nitrogens with zero attached hydrogens (tertiary/aromatic N) is 2. The predicted octanol–water partition coefficient (Wildman–Crippen LogP) is 9.01. The van der Waals surface area contributed by atoms with Crippen molar-refractivity contribution >= 4 is 57.4 Å². The summed E-state index contributed by atoms with van der Waals surface area (Å²) in [7, 11) is 0. The molecule has 0 fully saturated rings. The van der Waals surface area contributed by atoms with Gasteiger partial charge >= 0.3 is 5.97 Å². The van der Waals surface area contributed by atoms with Gasteiger partial charge in [0.25, 0.3) is 0 Å². The van der Waals surface area contributed by atoms with Gasteiger partial charge in [0.15, 0.2) is 0 Å². The molecule has 0 amide bonds. The summed E-state index contributed by atoms with van der Waals surface area (Å²) in [6, 6.07) is 39.7. The molecule has 0 aliphatic carbocycles. The molecule has 40 heavy (non-hydrogen) atoms. The van der Waals surface area contributed by atoms with Crippen molar-refractivity contribution in [3.05, 3.63) is 137 Å². The Bertz CT molecular complexity index is 1790. The molecule has 2 aromatic heterocycles. The Morgan fingerprint density at radius 1 is 0.700 bits per heavy atom. The van der Waals surface area contributed by atoms with Crippen LogP contribution in [0.2, 0.25) is 0 Å². The number of hydrogen-bond donors (Lipinski definition) is 2. The van der Waals surface area contributed by atoms with E-state index in [4.69, 9.17) is 0 Å². The van der Waals surface area contributed by atoms with E-state index in [1.807, 2.05) is 48.5 Å². The number of carboxylic acids is 1. The molecule has 0 aliphatic heterocycles. The van der Waals surface area contributed by atoms with Crippen LogP contribution in [0.5, 0.6) is 5.75 Å². The number of carboxylic acid groups (broad SMARTS) is 1. The predicted molar refractivity (Wildman–Crippen MR) is 164 cm³/mol. The van der Waals surface area contributed by atoms with Crippen molar-refractivity contribution in [2.45, 2.75) is 0 Å². The topological polar surface area (TPSA) is 73.7 Å². The molecule has 6 rings (SSSR count). The van der Waals surface area contributed by atoms with E-state index in [2.05, 4.69) is 76.6 Å². The van der Waals surface area contributed by atoms with E-state index in [1.54, 1.807) is 23.5 Å². The number of carbonyl (C=O) groups is 1. The van der Waals surface area contributed by atoms with Gasteiger partial charge in [0.05, 0.1) is 0 Å². The Morgan fingerprint density at radius 3 is 2.00 bits per heavy atom. The fourth-order valence-electron chi connectivity index (χ4n) is 4.64. The van der Waals surface area contributed by atoms with Crippen LogP contribution >= 0.6 is 11.3 Å². The number of phenols is 1. The second-order valence-electron chi connectivity index (χ2n) is 9.16. The Labute approximate surface area is 235 Å². The molecule has 2 heterocycles. The van der Waals surface area contributed by atoms with Crippen molar-refractivity contribution in [3.63, 3.8) is 0 Å². The molecule has 0 saturated heterocycles. The fourth-order valence-corrected chi connectivity index (χ4v) is 5.59. The number of phenolic OH excluding ortho intramolecular Hbond substituents is 1. The van der Waals surface area contributed by atoms with Crippen LogP contribution in [0.15, 0.2) is 121 Å². The molecule has 0 radical (unpaired) electrons. The molecular weight excluding hydrogens is 516 g/mol. The molecule has 0 saturated carbocycles. The van der Waals surface area contributed by atoms with Gasteiger partial charge < -0.3 is 15.1 Å². The van der Waals surface area contributed by atoms with Crippen LogP contribution in [-0.4, -0.2) is 21.2 Å². The minimum absolute atomic E-state index is 0.0416. The Balaban J connectivity index is 1.25. The molecule has 0 spiro atoms. The molecule has 4 aromatic carbocycles. The van der Waals surface area contributed by atoms with E-state index < -0.39 is 5.97 Å². The average Bonchev–Trinajstić information content (AvgIpc) is 3.47. The van der Waals surface area contributed by atoms with Crippen LogP contribution in [0.25, 0.3) is 33.5 Å². The lowest BCUT2D eigenvalue weighted by Crippen LogP contribution is -2.09. The SMILES string of the molecule is O=C(O)c1ccc2c(-c3ccc(/C=C/c4ccc(N(c5ccccc5)c5ccccc5)cc4)s3)ccc(O)c2n1. The van der Waals surface area contributed by atoms with Gasteiger partial charge in [-0.2, -0.15) is 0 Å². The molecule has 6 aromatic rings. The van der Waals surface area contributed by atoms with Gasteiger partial charge in [-0.25, -0.2) is 9.78 Å². The van der Waals surface area contributed by atoms with E-state index in [0.29, 0.717) is 5.39 Å². The molecule has 6 heteroatoms. The third-order valence-electron chi connectivity index (χ3n) is 6.57. The zero-order chi connectivity index (χ0) is 27.5. The lowest BCUT2D eigenvalue weighted by atomic mass is 10.1. The number of hydrogen-bond acceptors (Lipinski definition) is 5. The lowest BCUT2D eigenvalue weighted by Gasteiger charge is -2.25. The second kappa shape index (κ2) is 10.9. The summed E-state index contributed by atoms with van der Waals surface area (Å²) >= 11 is 1.62. The molecule has 0 unspecified atom stereocenters. The van der Waals surface area contributed by atoms with Crippen LogP contribution in [0.1, 0.15) is 20.9 Å². The number of aromatic carboxylic acids is 1. The molecule has 5 nitrogen and oxygen atoms in total. The second-order valence-corrected chi connectivity index (χ2v) is 10.3. The Morgan fingerprint density at radius 2 is 1.35 bits per heavy atom. The normalized spacial score (nSPS) is 11.2. The first kappa shape index (κ1) is 25.1. The van der Waals surface area contributed by atoms with Crippen LogP contribution in [0.4, 0.5) is 17.1 Å². The van der Waals surface area contributed by atoms with Gasteiger partial charge in [-0.05, 0) is 84.4 Å². The van der Waals surface area contributed by atoms with E-state index >= 15 is 0 Å². The lowest BCUT2D eigenvalue weighted by molar-refractivity contribution is 0.0691. The smallest absolute Gasteiger partial charge is 0.354 e. The number of para-hydroxylation sites is 2. The summed E-state index contributed by atoms with van der Waals surface area (Å²) in [5, 5.41) is 20.3. The van der Waals surface area contributed by atoms with Crippen molar-refractivity contribution in [1.29, 1.82) is 0 Å². The number of aromatic nitrogens is 1. The number of aromatic hydroxyl groups is 1. The summed E-state index contributed by atoms with van der Waals surface area (Å²) in [6.07, 6.45) is 4.17. The van der Waals surface area contributed by atoms with Gasteiger partial charge in [0, 0.05) is 37.8 Å². The maximum atomic E-state index is 11.3. The largest absolute Gasteiger partial charge is 0.506 e. The summed E-state index contributed by atoms with van der Waals surface area (Å²) < 4.78 is 0. The van der Waals surface area contributed by atoms with E-state index in [9.17, 15) is 15.0 Å². The molecule has 0 bridgehead atoms. The van der Waals surface area contributed by atoms with E-state index in [-0.39, 0.29) is 17.0 Å². The first-order valence-electron chi connectivity index (χ1n) is 12.7. The van der Waals surface area contributed by atoms with Crippen molar-refractivity contribution < 1.29 is 15.0 Å². The highest BCUT2D eigenvalue weighted by Crippen LogP contribution is 2.37. The first-order chi connectivity index (χ1) is 19.6. The Hall–Kier alpha value is -5.20. The number of fused-ring (bicyclic) bond motifs is 1. The van der Waals surface area contributed by atoms with Crippen molar-refractivity contribution in [3.8, 4) is 16.2 Å². The summed E-state index contributed by atoms with van der Waals surface area (Å²) in [5.74, 6) is -1.17. The standard InChI is InChI=1S/C34H24N2O3S/c37-31-21-19-28(29-18-20-30(34(38)39)35-33(29)31)32-22-17-27(40-32)16-13-23-11-14-26(15-12-23)36(24-7-3-1-4-8-24)25-9-5-2-6-10-25/h1-22,37H,(H,38,39)/b16-13+. The number of thiophene rings is 1. The summed E-state index contributed by atoms with van der Waals surface area (Å²) in [4.78, 5) is 19.8. The maximum absolute atomic E-state index is 11.3. The maximum Gasteiger partial charge on any atom is 0.354 e. The third-order valence-corrected chi connectivity index (χ3v) is 7.65. The summed E-state index contributed by atoms with van der Waals surface area (Å²) in [6.45, 7) is 0. The Kier molecular flexibility index (Phi) is 6.83. The van der Waals surface area contributed by atoms with Gasteiger partial charge in [0.2, 0.25) is 0 Å². The van der Waals surface area contributed by atoms with Crippen LogP contribution < -0.4 is 4.90 Å². The highest BCUT2D eigenvalue weighted by molar-refractivity contribution is 7.16. The average molecular weight is 541 g/mol. The fraction of sp³-hybridized carbons (Fsp3) is 0. The monoisotopic (exact) mass is 540 g/mol. The quantitative estimate of drug-likeness (QED) is 0.211. The highest BCUT2D eigenvalue weighted by Gasteiger charge is 2.14. The van der Waals surface area contributed by atoms with Gasteiger partial charge in [-0.3, -0.25) is 0 Å². The zero-order valence-corrected chi connectivity index (χ0v) is 22.1. The molecule has 0 atom stereocenters. The summed E-state index contributed by atoms with van der Waals surface area (Å²) in [5.41, 5.74) is 5.43. The van der Waals surface area contributed by atoms with Gasteiger partial charge in [0.1, 0.15) is 17.0 Å². The highest BCUT2D eigenvalue weighted by atomic mass is 32.1. The first-order valence-corrected chi connectivity index (χ1v) is 13.5. The molecule has 194 valence electrons. The van der Waals surface area contributed by atoms with Crippen LogP contribution in [-0.2, 0) is 0 Å². The minimum atomic E-state index is -1.13. The van der Waals surface area contributed by atoms with E-state index in [0.717, 1.165) is 37.9 Å². The zero-order valence-electron chi connectivity index (χ0n) is 21.3. The van der Waals surface area contributed by atoms with Gasteiger partial charge in [-0.1, -0.05) is 54.6 Å². The third kappa shape index (κ3) is 5.08. The van der Waals surface area contributed by atoms with Crippen molar-refractivity contribution in [2.24, 2.45) is 0 Å². The van der Waals surface area contributed by atoms with E-state index in [1.165, 1.54) is 6.07 Å². The molecule has 2 N–H and O–H groups in total. The molecule has 0 aliphatic rings.